The molecule has 7 heteroatoms. The number of aryl methyl sites for hydroxylation is 1. The molecule has 18 heavy (non-hydrogen) atoms. The first-order valence-electron chi connectivity index (χ1n) is 6.30. The Balaban J connectivity index is 1.83. The molecule has 1 spiro atoms. The SMILES string of the molecule is Cc1nsc(N2CCC3(CCC3)S(=O)(=O)CC2)n1. The van der Waals surface area contributed by atoms with E-state index >= 15 is 0 Å². The maximum absolute atomic E-state index is 12.3. The lowest BCUT2D eigenvalue weighted by Gasteiger charge is -2.39. The summed E-state index contributed by atoms with van der Waals surface area (Å²) in [6.45, 7) is 3.20. The maximum Gasteiger partial charge on any atom is 0.205 e. The minimum Gasteiger partial charge on any atom is -0.346 e. The molecule has 0 aromatic carbocycles. The second-order valence-electron chi connectivity index (χ2n) is 5.22. The van der Waals surface area contributed by atoms with Crippen molar-refractivity contribution in [1.29, 1.82) is 0 Å². The third-order valence-corrected chi connectivity index (χ3v) is 7.70. The predicted molar refractivity (Wildman–Crippen MR) is 71.8 cm³/mol. The highest BCUT2D eigenvalue weighted by Crippen LogP contribution is 2.44. The lowest BCUT2D eigenvalue weighted by molar-refractivity contribution is 0.324. The van der Waals surface area contributed by atoms with E-state index in [1.165, 1.54) is 11.5 Å². The minimum absolute atomic E-state index is 0.256. The second-order valence-corrected chi connectivity index (χ2v) is 8.45. The molecule has 5 nitrogen and oxygen atoms in total. The molecule has 0 atom stereocenters. The van der Waals surface area contributed by atoms with Crippen molar-refractivity contribution in [3.05, 3.63) is 5.82 Å². The summed E-state index contributed by atoms with van der Waals surface area (Å²) >= 11 is 1.36. The first-order chi connectivity index (χ1) is 8.52. The van der Waals surface area contributed by atoms with Crippen LogP contribution in [-0.2, 0) is 9.84 Å². The summed E-state index contributed by atoms with van der Waals surface area (Å²) in [5.74, 6) is 1.02. The molecular weight excluding hydrogens is 270 g/mol. The molecule has 100 valence electrons. The molecule has 0 N–H and O–H groups in total. The van der Waals surface area contributed by atoms with Crippen LogP contribution in [0, 0.1) is 6.92 Å². The van der Waals surface area contributed by atoms with Crippen LogP contribution < -0.4 is 4.90 Å². The van der Waals surface area contributed by atoms with E-state index in [-0.39, 0.29) is 5.75 Å². The fourth-order valence-electron chi connectivity index (χ4n) is 2.79. The van der Waals surface area contributed by atoms with E-state index in [9.17, 15) is 8.42 Å². The first kappa shape index (κ1) is 12.3. The van der Waals surface area contributed by atoms with Gasteiger partial charge in [0.25, 0.3) is 0 Å². The molecule has 1 saturated carbocycles. The lowest BCUT2D eigenvalue weighted by Crippen LogP contribution is -2.46. The van der Waals surface area contributed by atoms with Gasteiger partial charge in [0, 0.05) is 24.6 Å². The Bertz CT molecular complexity index is 548. The monoisotopic (exact) mass is 287 g/mol. The minimum atomic E-state index is -2.94. The zero-order valence-corrected chi connectivity index (χ0v) is 12.1. The van der Waals surface area contributed by atoms with E-state index in [1.54, 1.807) is 0 Å². The third-order valence-electron chi connectivity index (χ3n) is 4.18. The largest absolute Gasteiger partial charge is 0.346 e. The van der Waals surface area contributed by atoms with Gasteiger partial charge < -0.3 is 4.90 Å². The lowest BCUT2D eigenvalue weighted by atomic mass is 9.81. The third kappa shape index (κ3) is 1.84. The predicted octanol–water partition coefficient (Wildman–Crippen LogP) is 1.39. The van der Waals surface area contributed by atoms with Crippen molar-refractivity contribution in [3.63, 3.8) is 0 Å². The number of rotatable bonds is 1. The number of sulfone groups is 1. The van der Waals surface area contributed by atoms with Crippen LogP contribution in [0.2, 0.25) is 0 Å². The van der Waals surface area contributed by atoms with Crippen LogP contribution >= 0.6 is 11.5 Å². The van der Waals surface area contributed by atoms with E-state index < -0.39 is 14.6 Å². The van der Waals surface area contributed by atoms with Gasteiger partial charge in [-0.15, -0.1) is 0 Å². The quantitative estimate of drug-likeness (QED) is 0.781. The van der Waals surface area contributed by atoms with E-state index in [0.717, 1.165) is 43.2 Å². The maximum atomic E-state index is 12.3. The first-order valence-corrected chi connectivity index (χ1v) is 8.73. The molecule has 0 amide bonds. The zero-order valence-electron chi connectivity index (χ0n) is 10.4. The Morgan fingerprint density at radius 2 is 2.06 bits per heavy atom. The summed E-state index contributed by atoms with van der Waals surface area (Å²) < 4.78 is 28.4. The number of nitrogens with zero attached hydrogens (tertiary/aromatic N) is 3. The Morgan fingerprint density at radius 1 is 1.28 bits per heavy atom. The molecule has 1 saturated heterocycles. The Kier molecular flexibility index (Phi) is 2.85. The van der Waals surface area contributed by atoms with Crippen molar-refractivity contribution < 1.29 is 8.42 Å². The van der Waals surface area contributed by atoms with Crippen LogP contribution in [0.3, 0.4) is 0 Å². The molecule has 0 radical (unpaired) electrons. The fourth-order valence-corrected chi connectivity index (χ4v) is 5.72. The van der Waals surface area contributed by atoms with Gasteiger partial charge in [0.15, 0.2) is 9.84 Å². The van der Waals surface area contributed by atoms with Gasteiger partial charge in [0.05, 0.1) is 10.5 Å². The molecule has 1 aromatic rings. The van der Waals surface area contributed by atoms with Gasteiger partial charge in [0.2, 0.25) is 5.13 Å². The Hall–Kier alpha value is -0.690. The number of anilines is 1. The number of aromatic nitrogens is 2. The average Bonchev–Trinajstić information content (AvgIpc) is 2.60. The summed E-state index contributed by atoms with van der Waals surface area (Å²) in [4.78, 5) is 6.43. The van der Waals surface area contributed by atoms with Crippen LogP contribution in [0.5, 0.6) is 0 Å². The molecular formula is C11H17N3O2S2. The van der Waals surface area contributed by atoms with Gasteiger partial charge in [-0.3, -0.25) is 0 Å². The van der Waals surface area contributed by atoms with Gasteiger partial charge in [0.1, 0.15) is 5.82 Å². The molecule has 0 bridgehead atoms. The number of hydrogen-bond donors (Lipinski definition) is 0. The summed E-state index contributed by atoms with van der Waals surface area (Å²) in [6.07, 6.45) is 3.49. The highest BCUT2D eigenvalue weighted by Gasteiger charge is 2.49. The van der Waals surface area contributed by atoms with Crippen molar-refractivity contribution in [2.24, 2.45) is 0 Å². The molecule has 2 aliphatic rings. The van der Waals surface area contributed by atoms with E-state index in [0.29, 0.717) is 6.54 Å². The topological polar surface area (TPSA) is 63.2 Å². The fraction of sp³-hybridized carbons (Fsp3) is 0.818. The van der Waals surface area contributed by atoms with Gasteiger partial charge in [-0.1, -0.05) is 6.42 Å². The van der Waals surface area contributed by atoms with Crippen molar-refractivity contribution >= 4 is 26.5 Å². The van der Waals surface area contributed by atoms with E-state index in [4.69, 9.17) is 0 Å². The molecule has 2 heterocycles. The van der Waals surface area contributed by atoms with Crippen LogP contribution in [0.4, 0.5) is 5.13 Å². The molecule has 1 aromatic heterocycles. The van der Waals surface area contributed by atoms with E-state index in [1.807, 2.05) is 6.92 Å². The van der Waals surface area contributed by atoms with Crippen molar-refractivity contribution in [2.45, 2.75) is 37.4 Å². The summed E-state index contributed by atoms with van der Waals surface area (Å²) in [5.41, 5.74) is 0. The Morgan fingerprint density at radius 3 is 2.61 bits per heavy atom. The Labute approximate surface area is 111 Å². The van der Waals surface area contributed by atoms with Crippen LogP contribution in [0.1, 0.15) is 31.5 Å². The molecule has 1 aliphatic heterocycles. The van der Waals surface area contributed by atoms with Crippen molar-refractivity contribution in [1.82, 2.24) is 9.36 Å². The van der Waals surface area contributed by atoms with E-state index in [2.05, 4.69) is 14.3 Å². The normalized spacial score (nSPS) is 25.7. The smallest absolute Gasteiger partial charge is 0.205 e. The summed E-state index contributed by atoms with van der Waals surface area (Å²) in [6, 6.07) is 0. The molecule has 2 fully saturated rings. The highest BCUT2D eigenvalue weighted by atomic mass is 32.2. The van der Waals surface area contributed by atoms with Crippen LogP contribution in [0.25, 0.3) is 0 Å². The highest BCUT2D eigenvalue weighted by molar-refractivity contribution is 7.92. The zero-order chi connectivity index (χ0) is 12.8. The summed E-state index contributed by atoms with van der Waals surface area (Å²) in [7, 11) is -2.94. The van der Waals surface area contributed by atoms with Gasteiger partial charge in [-0.05, 0) is 26.2 Å². The van der Waals surface area contributed by atoms with Crippen molar-refractivity contribution in [2.75, 3.05) is 23.7 Å². The molecule has 3 rings (SSSR count). The second kappa shape index (κ2) is 4.16. The van der Waals surface area contributed by atoms with Gasteiger partial charge >= 0.3 is 0 Å². The number of hydrogen-bond acceptors (Lipinski definition) is 6. The molecule has 0 unspecified atom stereocenters. The van der Waals surface area contributed by atoms with Crippen molar-refractivity contribution in [3.8, 4) is 0 Å². The standard InChI is InChI=1S/C11H17N3O2S2/c1-9-12-10(17-13-9)14-6-5-11(3-2-4-11)18(15,16)8-7-14/h2-8H2,1H3. The van der Waals surface area contributed by atoms with Gasteiger partial charge in [-0.2, -0.15) is 4.37 Å². The average molecular weight is 287 g/mol. The molecule has 1 aliphatic carbocycles. The van der Waals surface area contributed by atoms with Gasteiger partial charge in [-0.25, -0.2) is 13.4 Å². The van der Waals surface area contributed by atoms with Crippen LogP contribution in [-0.4, -0.2) is 41.4 Å². The summed E-state index contributed by atoms with van der Waals surface area (Å²) in [5, 5.41) is 0.860. The van der Waals surface area contributed by atoms with Crippen LogP contribution in [0.15, 0.2) is 0 Å².